The number of piperidine rings is 1. The number of aliphatic hydroxyl groups is 1. The van der Waals surface area contributed by atoms with E-state index in [0.717, 1.165) is 32.5 Å². The molecule has 1 aliphatic heterocycles. The van der Waals surface area contributed by atoms with Crippen molar-refractivity contribution in [1.82, 2.24) is 9.88 Å². The highest BCUT2D eigenvalue weighted by atomic mass is 35.5. The average molecular weight is 563 g/mol. The maximum atomic E-state index is 12.5. The molecule has 8 heteroatoms. The Bertz CT molecular complexity index is 1470. The summed E-state index contributed by atoms with van der Waals surface area (Å²) in [6, 6.07) is 25.0. The van der Waals surface area contributed by atoms with Gasteiger partial charge in [-0.25, -0.2) is 9.78 Å². The second-order valence-electron chi connectivity index (χ2n) is 10.0. The molecule has 0 saturated carbocycles. The third kappa shape index (κ3) is 5.71. The van der Waals surface area contributed by atoms with Crippen molar-refractivity contribution in [2.24, 2.45) is 0 Å². The Labute approximate surface area is 237 Å². The fourth-order valence-corrected chi connectivity index (χ4v) is 6.36. The molecule has 1 aliphatic rings. The number of hydrogen-bond acceptors (Lipinski definition) is 5. The predicted octanol–water partition coefficient (Wildman–Crippen LogP) is 6.87. The van der Waals surface area contributed by atoms with Gasteiger partial charge in [0.25, 0.3) is 0 Å². The molecular formula is C31H31ClN2O4S. The lowest BCUT2D eigenvalue weighted by Crippen LogP contribution is -2.55. The summed E-state index contributed by atoms with van der Waals surface area (Å²) < 4.78 is 5.80. The van der Waals surface area contributed by atoms with Crippen LogP contribution in [0.25, 0.3) is 10.9 Å². The maximum absolute atomic E-state index is 12.5. The molecule has 3 unspecified atom stereocenters. The highest BCUT2D eigenvalue weighted by molar-refractivity contribution is 7.98. The molecule has 3 aromatic carbocycles. The lowest BCUT2D eigenvalue weighted by atomic mass is 9.70. The van der Waals surface area contributed by atoms with Crippen molar-refractivity contribution < 1.29 is 19.7 Å². The lowest BCUT2D eigenvalue weighted by Gasteiger charge is -2.47. The van der Waals surface area contributed by atoms with Crippen LogP contribution in [0, 0.1) is 0 Å². The average Bonchev–Trinajstić information content (AvgIpc) is 2.94. The summed E-state index contributed by atoms with van der Waals surface area (Å²) in [7, 11) is 1.59. The Morgan fingerprint density at radius 1 is 1.15 bits per heavy atom. The van der Waals surface area contributed by atoms with Gasteiger partial charge in [-0.3, -0.25) is 0 Å². The van der Waals surface area contributed by atoms with Gasteiger partial charge < -0.3 is 19.8 Å². The zero-order chi connectivity index (χ0) is 27.6. The van der Waals surface area contributed by atoms with Crippen LogP contribution < -0.4 is 4.74 Å². The Hall–Kier alpha value is -3.26. The number of hydrogen-bond donors (Lipinski definition) is 2. The van der Waals surface area contributed by atoms with Crippen molar-refractivity contribution in [3.05, 3.63) is 101 Å². The number of ether oxygens (including phenoxy) is 1. The number of pyridine rings is 1. The Morgan fingerprint density at radius 3 is 2.56 bits per heavy atom. The van der Waals surface area contributed by atoms with E-state index in [2.05, 4.69) is 6.07 Å². The van der Waals surface area contributed by atoms with E-state index in [1.165, 1.54) is 4.90 Å². The first-order valence-corrected chi connectivity index (χ1v) is 14.5. The fourth-order valence-electron chi connectivity index (χ4n) is 5.78. The molecule has 0 radical (unpaired) electrons. The summed E-state index contributed by atoms with van der Waals surface area (Å²) >= 11 is 7.90. The Balaban J connectivity index is 1.64. The summed E-state index contributed by atoms with van der Waals surface area (Å²) in [5.74, 6) is -0.0816. The van der Waals surface area contributed by atoms with Crippen LogP contribution in [0.1, 0.15) is 35.4 Å². The van der Waals surface area contributed by atoms with E-state index >= 15 is 0 Å². The lowest BCUT2D eigenvalue weighted by molar-refractivity contribution is -0.0516. The molecule has 39 heavy (non-hydrogen) atoms. The van der Waals surface area contributed by atoms with Crippen LogP contribution in [-0.2, 0) is 6.42 Å². The Morgan fingerprint density at radius 2 is 1.90 bits per heavy atom. The molecule has 0 bridgehead atoms. The van der Waals surface area contributed by atoms with Crippen LogP contribution in [0.4, 0.5) is 4.79 Å². The van der Waals surface area contributed by atoms with Crippen LogP contribution in [0.5, 0.6) is 5.88 Å². The molecule has 2 N–H and O–H groups in total. The van der Waals surface area contributed by atoms with Crippen molar-refractivity contribution in [3.8, 4) is 5.88 Å². The number of nitrogens with zero attached hydrogens (tertiary/aromatic N) is 2. The number of rotatable bonds is 7. The minimum atomic E-state index is -1.26. The van der Waals surface area contributed by atoms with Gasteiger partial charge in [0.15, 0.2) is 0 Å². The van der Waals surface area contributed by atoms with Crippen molar-refractivity contribution in [2.75, 3.05) is 19.9 Å². The van der Waals surface area contributed by atoms with Crippen LogP contribution >= 0.6 is 23.4 Å². The third-order valence-corrected chi connectivity index (χ3v) is 8.61. The SMILES string of the molecule is COc1nc2ccc(SC)cc2cc1C(c1ccc(Cl)cc1)C1(O)CCN(C(=O)O)C(Cc2ccccc2)C1. The molecule has 4 aromatic rings. The summed E-state index contributed by atoms with van der Waals surface area (Å²) in [5, 5.41) is 24.1. The molecule has 1 aromatic heterocycles. The smallest absolute Gasteiger partial charge is 0.407 e. The molecule has 2 heterocycles. The van der Waals surface area contributed by atoms with Gasteiger partial charge in [-0.2, -0.15) is 0 Å². The normalized spacial score (nSPS) is 20.1. The van der Waals surface area contributed by atoms with Crippen molar-refractivity contribution in [2.45, 2.75) is 41.7 Å². The molecule has 1 saturated heterocycles. The quantitative estimate of drug-likeness (QED) is 0.239. The van der Waals surface area contributed by atoms with Gasteiger partial charge in [0.2, 0.25) is 5.88 Å². The molecule has 5 rings (SSSR count). The summed E-state index contributed by atoms with van der Waals surface area (Å²) in [6.07, 6.45) is 2.08. The molecule has 1 fully saturated rings. The van der Waals surface area contributed by atoms with Gasteiger partial charge in [-0.1, -0.05) is 54.1 Å². The van der Waals surface area contributed by atoms with Gasteiger partial charge in [0.05, 0.1) is 18.2 Å². The monoisotopic (exact) mass is 562 g/mol. The van der Waals surface area contributed by atoms with Gasteiger partial charge in [0.1, 0.15) is 0 Å². The molecule has 202 valence electrons. The number of benzene rings is 3. The van der Waals surface area contributed by atoms with E-state index < -0.39 is 23.7 Å². The van der Waals surface area contributed by atoms with E-state index in [1.807, 2.05) is 79.1 Å². The zero-order valence-corrected chi connectivity index (χ0v) is 23.5. The highest BCUT2D eigenvalue weighted by Crippen LogP contribution is 2.47. The van der Waals surface area contributed by atoms with Gasteiger partial charge in [-0.15, -0.1) is 11.8 Å². The standard InChI is InChI=1S/C31H31ClN2O4S/c1-38-29-26(18-22-17-25(39-2)12-13-27(22)33-29)28(21-8-10-23(32)11-9-21)31(37)14-15-34(30(35)36)24(19-31)16-20-6-4-3-5-7-20/h3-13,17-18,24,28,37H,14-16,19H2,1-2H3,(H,35,36). The van der Waals surface area contributed by atoms with Gasteiger partial charge >= 0.3 is 6.09 Å². The van der Waals surface area contributed by atoms with Crippen LogP contribution in [0.3, 0.4) is 0 Å². The van der Waals surface area contributed by atoms with E-state index in [0.29, 0.717) is 17.3 Å². The first-order valence-electron chi connectivity index (χ1n) is 12.9. The third-order valence-electron chi connectivity index (χ3n) is 7.64. The number of carboxylic acid groups (broad SMARTS) is 1. The van der Waals surface area contributed by atoms with E-state index in [4.69, 9.17) is 21.3 Å². The molecule has 3 atom stereocenters. The number of thioether (sulfide) groups is 1. The minimum Gasteiger partial charge on any atom is -0.481 e. The van der Waals surface area contributed by atoms with E-state index in [9.17, 15) is 15.0 Å². The summed E-state index contributed by atoms with van der Waals surface area (Å²) in [5.41, 5.74) is 2.19. The highest BCUT2D eigenvalue weighted by Gasteiger charge is 2.47. The number of aromatic nitrogens is 1. The van der Waals surface area contributed by atoms with Crippen molar-refractivity contribution in [3.63, 3.8) is 0 Å². The maximum Gasteiger partial charge on any atom is 0.407 e. The van der Waals surface area contributed by atoms with Gasteiger partial charge in [0, 0.05) is 39.4 Å². The molecular weight excluding hydrogens is 532 g/mol. The minimum absolute atomic E-state index is 0.216. The number of halogens is 1. The zero-order valence-electron chi connectivity index (χ0n) is 21.9. The summed E-state index contributed by atoms with van der Waals surface area (Å²) in [4.78, 5) is 19.6. The largest absolute Gasteiger partial charge is 0.481 e. The number of likely N-dealkylation sites (tertiary alicyclic amines) is 1. The molecule has 0 spiro atoms. The number of carbonyl (C=O) groups is 1. The molecule has 0 aliphatic carbocycles. The second kappa shape index (κ2) is 11.5. The second-order valence-corrected chi connectivity index (χ2v) is 11.3. The fraction of sp³-hybridized carbons (Fsp3) is 0.290. The van der Waals surface area contributed by atoms with Crippen molar-refractivity contribution in [1.29, 1.82) is 0 Å². The Kier molecular flexibility index (Phi) is 8.03. The van der Waals surface area contributed by atoms with E-state index in [1.54, 1.807) is 18.9 Å². The molecule has 6 nitrogen and oxygen atoms in total. The molecule has 1 amide bonds. The number of amides is 1. The van der Waals surface area contributed by atoms with Crippen LogP contribution in [0.2, 0.25) is 5.02 Å². The predicted molar refractivity (Wildman–Crippen MR) is 156 cm³/mol. The van der Waals surface area contributed by atoms with E-state index in [-0.39, 0.29) is 19.4 Å². The number of methoxy groups -OCH3 is 1. The summed E-state index contributed by atoms with van der Waals surface area (Å²) in [6.45, 7) is 0.216. The first kappa shape index (κ1) is 27.3. The van der Waals surface area contributed by atoms with Crippen LogP contribution in [0.15, 0.2) is 83.8 Å². The van der Waals surface area contributed by atoms with Crippen molar-refractivity contribution >= 4 is 40.4 Å². The number of fused-ring (bicyclic) bond motifs is 1. The topological polar surface area (TPSA) is 82.9 Å². The first-order chi connectivity index (χ1) is 18.8. The van der Waals surface area contributed by atoms with Gasteiger partial charge in [-0.05, 0) is 73.0 Å². The van der Waals surface area contributed by atoms with Crippen LogP contribution in [-0.4, -0.2) is 57.7 Å².